The standard InChI is InChI=1S/C22H18F2N4O3/c1-3-28(22(30)26-13-5-7-16(24)17(9-13)25-2)19-11-31-10-18-20(19)15-8-12(23)4-6-14(15)21(29)27-18/h4-9,19H,3,10-11H2,1H3,(H,26,30)(H,27,29). The van der Waals surface area contributed by atoms with Gasteiger partial charge in [0.1, 0.15) is 11.6 Å². The maximum absolute atomic E-state index is 14.0. The number of nitrogens with zero attached hydrogens (tertiary/aromatic N) is 2. The molecular weight excluding hydrogens is 406 g/mol. The summed E-state index contributed by atoms with van der Waals surface area (Å²) in [5.41, 5.74) is 0.820. The SMILES string of the molecule is [C-]#[N+]c1cc(NC(=O)N(CC)C2COCc3[nH]c(=O)c4ccc(F)cc4c32)ccc1F. The van der Waals surface area contributed by atoms with E-state index in [1.807, 2.05) is 0 Å². The lowest BCUT2D eigenvalue weighted by Gasteiger charge is -2.35. The molecule has 1 aromatic heterocycles. The van der Waals surface area contributed by atoms with Gasteiger partial charge in [-0.15, -0.1) is 0 Å². The summed E-state index contributed by atoms with van der Waals surface area (Å²) in [4.78, 5) is 32.8. The maximum Gasteiger partial charge on any atom is 0.322 e. The second kappa shape index (κ2) is 8.16. The molecule has 1 atom stereocenters. The normalized spacial score (nSPS) is 15.2. The molecule has 0 saturated heterocycles. The number of carbonyl (C=O) groups excluding carboxylic acids is 1. The molecule has 1 unspecified atom stereocenters. The van der Waals surface area contributed by atoms with Crippen LogP contribution in [-0.4, -0.2) is 29.1 Å². The van der Waals surface area contributed by atoms with Crippen LogP contribution in [0.3, 0.4) is 0 Å². The number of H-pyrrole nitrogens is 1. The van der Waals surface area contributed by atoms with E-state index in [9.17, 15) is 18.4 Å². The number of nitrogens with one attached hydrogen (secondary N) is 2. The van der Waals surface area contributed by atoms with E-state index < -0.39 is 23.7 Å². The molecule has 2 N–H and O–H groups in total. The highest BCUT2D eigenvalue weighted by Crippen LogP contribution is 2.34. The molecule has 158 valence electrons. The van der Waals surface area contributed by atoms with Gasteiger partial charge in [0.05, 0.1) is 25.8 Å². The summed E-state index contributed by atoms with van der Waals surface area (Å²) in [7, 11) is 0. The first-order valence-corrected chi connectivity index (χ1v) is 9.59. The Balaban J connectivity index is 1.74. The number of hydrogen-bond acceptors (Lipinski definition) is 3. The number of aromatic amines is 1. The Kier molecular flexibility index (Phi) is 5.40. The molecule has 0 saturated carbocycles. The van der Waals surface area contributed by atoms with Crippen molar-refractivity contribution in [2.75, 3.05) is 18.5 Å². The Morgan fingerprint density at radius 3 is 2.84 bits per heavy atom. The van der Waals surface area contributed by atoms with Gasteiger partial charge in [-0.05, 0) is 48.7 Å². The highest BCUT2D eigenvalue weighted by Gasteiger charge is 2.32. The van der Waals surface area contributed by atoms with Crippen molar-refractivity contribution >= 4 is 28.2 Å². The van der Waals surface area contributed by atoms with Crippen LogP contribution in [0.4, 0.5) is 25.0 Å². The zero-order valence-electron chi connectivity index (χ0n) is 16.5. The third-order valence-electron chi connectivity index (χ3n) is 5.26. The first-order valence-electron chi connectivity index (χ1n) is 9.59. The number of urea groups is 1. The molecule has 31 heavy (non-hydrogen) atoms. The lowest BCUT2D eigenvalue weighted by Crippen LogP contribution is -2.42. The van der Waals surface area contributed by atoms with E-state index in [-0.39, 0.29) is 36.7 Å². The molecule has 1 aliphatic heterocycles. The van der Waals surface area contributed by atoms with Crippen LogP contribution in [-0.2, 0) is 11.3 Å². The fourth-order valence-electron chi connectivity index (χ4n) is 3.84. The summed E-state index contributed by atoms with van der Waals surface area (Å²) in [6.45, 7) is 9.38. The van der Waals surface area contributed by atoms with Crippen molar-refractivity contribution in [1.82, 2.24) is 9.88 Å². The molecule has 0 fully saturated rings. The van der Waals surface area contributed by atoms with Crippen molar-refractivity contribution in [2.45, 2.75) is 19.6 Å². The van der Waals surface area contributed by atoms with E-state index in [0.717, 1.165) is 6.07 Å². The number of hydrogen-bond donors (Lipinski definition) is 2. The second-order valence-corrected chi connectivity index (χ2v) is 7.06. The van der Waals surface area contributed by atoms with Gasteiger partial charge in [0.2, 0.25) is 5.69 Å². The van der Waals surface area contributed by atoms with Gasteiger partial charge in [0, 0.05) is 28.9 Å². The quantitative estimate of drug-likeness (QED) is 0.609. The highest BCUT2D eigenvalue weighted by molar-refractivity contribution is 5.91. The number of amides is 2. The summed E-state index contributed by atoms with van der Waals surface area (Å²) in [6, 6.07) is 6.56. The number of halogens is 2. The number of benzene rings is 2. The van der Waals surface area contributed by atoms with Crippen molar-refractivity contribution < 1.29 is 18.3 Å². The summed E-state index contributed by atoms with van der Waals surface area (Å²) < 4.78 is 33.2. The predicted molar refractivity (Wildman–Crippen MR) is 111 cm³/mol. The lowest BCUT2D eigenvalue weighted by molar-refractivity contribution is 0.0471. The van der Waals surface area contributed by atoms with Crippen LogP contribution in [0.2, 0.25) is 0 Å². The van der Waals surface area contributed by atoms with Crippen molar-refractivity contribution in [3.63, 3.8) is 0 Å². The monoisotopic (exact) mass is 424 g/mol. The minimum absolute atomic E-state index is 0.138. The molecule has 0 radical (unpaired) electrons. The van der Waals surface area contributed by atoms with E-state index in [1.165, 1.54) is 35.2 Å². The number of carbonyl (C=O) groups is 1. The molecule has 0 aliphatic carbocycles. The van der Waals surface area contributed by atoms with Crippen LogP contribution < -0.4 is 10.9 Å². The summed E-state index contributed by atoms with van der Waals surface area (Å²) in [6.07, 6.45) is 0. The number of fused-ring (bicyclic) bond motifs is 3. The number of anilines is 1. The molecule has 2 aromatic carbocycles. The van der Waals surface area contributed by atoms with Gasteiger partial charge in [-0.2, -0.15) is 0 Å². The fourth-order valence-corrected chi connectivity index (χ4v) is 3.84. The first-order chi connectivity index (χ1) is 14.9. The van der Waals surface area contributed by atoms with Crippen molar-refractivity contribution in [2.24, 2.45) is 0 Å². The smallest absolute Gasteiger partial charge is 0.322 e. The Morgan fingerprint density at radius 2 is 2.10 bits per heavy atom. The average Bonchev–Trinajstić information content (AvgIpc) is 2.75. The van der Waals surface area contributed by atoms with E-state index >= 15 is 0 Å². The molecular formula is C22H18F2N4O3. The number of likely N-dealkylation sites (N-methyl/N-ethyl adjacent to an activating group) is 1. The largest absolute Gasteiger partial charge is 0.373 e. The molecule has 9 heteroatoms. The van der Waals surface area contributed by atoms with Gasteiger partial charge in [0.25, 0.3) is 5.56 Å². The minimum Gasteiger partial charge on any atom is -0.373 e. The summed E-state index contributed by atoms with van der Waals surface area (Å²) >= 11 is 0. The molecule has 0 bridgehead atoms. The van der Waals surface area contributed by atoms with E-state index in [2.05, 4.69) is 15.1 Å². The van der Waals surface area contributed by atoms with Crippen LogP contribution in [0, 0.1) is 18.2 Å². The molecule has 7 nitrogen and oxygen atoms in total. The third kappa shape index (κ3) is 3.73. The Hall–Kier alpha value is -3.77. The molecule has 4 rings (SSSR count). The van der Waals surface area contributed by atoms with E-state index in [4.69, 9.17) is 11.3 Å². The minimum atomic E-state index is -0.674. The van der Waals surface area contributed by atoms with Gasteiger partial charge in [0.15, 0.2) is 0 Å². The van der Waals surface area contributed by atoms with Crippen LogP contribution >= 0.6 is 0 Å². The lowest BCUT2D eigenvalue weighted by atomic mass is 9.95. The molecule has 0 spiro atoms. The van der Waals surface area contributed by atoms with Gasteiger partial charge in [-0.1, -0.05) is 0 Å². The van der Waals surface area contributed by atoms with Crippen LogP contribution in [0.1, 0.15) is 24.2 Å². The van der Waals surface area contributed by atoms with Crippen molar-refractivity contribution in [1.29, 1.82) is 0 Å². The average molecular weight is 424 g/mol. The topological polar surface area (TPSA) is 78.8 Å². The number of aromatic nitrogens is 1. The molecule has 1 aliphatic rings. The van der Waals surface area contributed by atoms with Gasteiger partial charge in [-0.25, -0.2) is 18.4 Å². The molecule has 2 heterocycles. The third-order valence-corrected chi connectivity index (χ3v) is 5.26. The number of pyridine rings is 1. The highest BCUT2D eigenvalue weighted by atomic mass is 19.1. The zero-order valence-corrected chi connectivity index (χ0v) is 16.5. The Bertz CT molecular complexity index is 1280. The Morgan fingerprint density at radius 1 is 1.29 bits per heavy atom. The number of ether oxygens (including phenoxy) is 1. The van der Waals surface area contributed by atoms with Crippen LogP contribution in [0.15, 0.2) is 41.2 Å². The van der Waals surface area contributed by atoms with Crippen molar-refractivity contribution in [3.05, 3.63) is 81.1 Å². The molecule has 2 amide bonds. The van der Waals surface area contributed by atoms with Crippen molar-refractivity contribution in [3.8, 4) is 0 Å². The maximum atomic E-state index is 14.0. The van der Waals surface area contributed by atoms with Gasteiger partial charge in [-0.3, -0.25) is 4.79 Å². The summed E-state index contributed by atoms with van der Waals surface area (Å²) in [5, 5.41) is 3.42. The van der Waals surface area contributed by atoms with Gasteiger partial charge < -0.3 is 19.9 Å². The molecule has 3 aromatic rings. The number of rotatable bonds is 3. The summed E-state index contributed by atoms with van der Waals surface area (Å²) in [5.74, 6) is -1.16. The fraction of sp³-hybridized carbons (Fsp3) is 0.227. The van der Waals surface area contributed by atoms with Crippen LogP contribution in [0.5, 0.6) is 0 Å². The second-order valence-electron chi connectivity index (χ2n) is 7.06. The van der Waals surface area contributed by atoms with E-state index in [1.54, 1.807) is 6.92 Å². The van der Waals surface area contributed by atoms with Crippen LogP contribution in [0.25, 0.3) is 15.6 Å². The predicted octanol–water partition coefficient (Wildman–Crippen LogP) is 4.48. The van der Waals surface area contributed by atoms with E-state index in [0.29, 0.717) is 22.0 Å². The Labute approximate surface area is 176 Å². The first kappa shape index (κ1) is 20.5. The van der Waals surface area contributed by atoms with Gasteiger partial charge >= 0.3 is 6.03 Å². The zero-order chi connectivity index (χ0) is 22.1.